The second-order valence-electron chi connectivity index (χ2n) is 5.72. The van der Waals surface area contributed by atoms with E-state index in [4.69, 9.17) is 0 Å². The van der Waals surface area contributed by atoms with Crippen molar-refractivity contribution in [3.63, 3.8) is 0 Å². The van der Waals surface area contributed by atoms with Crippen molar-refractivity contribution < 1.29 is 14.5 Å². The fourth-order valence-corrected chi connectivity index (χ4v) is 2.61. The Morgan fingerprint density at radius 3 is 2.71 bits per heavy atom. The van der Waals surface area contributed by atoms with Gasteiger partial charge < -0.3 is 5.32 Å². The molecule has 0 heterocycles. The van der Waals surface area contributed by atoms with Gasteiger partial charge in [-0.3, -0.25) is 19.7 Å². The van der Waals surface area contributed by atoms with Crippen molar-refractivity contribution in [2.45, 2.75) is 44.6 Å². The van der Waals surface area contributed by atoms with E-state index in [-0.39, 0.29) is 24.1 Å². The fourth-order valence-electron chi connectivity index (χ4n) is 2.61. The molecule has 8 nitrogen and oxygen atoms in total. The van der Waals surface area contributed by atoms with Crippen LogP contribution in [0.4, 0.5) is 5.69 Å². The molecule has 0 atom stereocenters. The van der Waals surface area contributed by atoms with Crippen LogP contribution in [0.5, 0.6) is 0 Å². The number of carbonyl (C=O) groups excluding carboxylic acids is 2. The van der Waals surface area contributed by atoms with Crippen LogP contribution in [0.15, 0.2) is 29.4 Å². The number of nitrogens with one attached hydrogen (secondary N) is 2. The van der Waals surface area contributed by atoms with Gasteiger partial charge in [-0.25, -0.2) is 5.43 Å². The first-order valence-electron chi connectivity index (χ1n) is 7.90. The normalized spacial score (nSPS) is 15.2. The van der Waals surface area contributed by atoms with Crippen molar-refractivity contribution in [2.75, 3.05) is 0 Å². The minimum absolute atomic E-state index is 0.0582. The molecule has 0 aliphatic heterocycles. The third-order valence-electron chi connectivity index (χ3n) is 3.78. The lowest BCUT2D eigenvalue weighted by Crippen LogP contribution is -2.38. The molecule has 0 saturated heterocycles. The van der Waals surface area contributed by atoms with E-state index >= 15 is 0 Å². The highest BCUT2D eigenvalue weighted by atomic mass is 16.6. The second kappa shape index (κ2) is 8.76. The van der Waals surface area contributed by atoms with Crippen LogP contribution in [0.25, 0.3) is 0 Å². The van der Waals surface area contributed by atoms with E-state index in [1.165, 1.54) is 30.8 Å². The number of nitro benzene ring substituents is 1. The summed E-state index contributed by atoms with van der Waals surface area (Å²) in [7, 11) is 0. The summed E-state index contributed by atoms with van der Waals surface area (Å²) in [6.45, 7) is 0. The molecule has 0 unspecified atom stereocenters. The van der Waals surface area contributed by atoms with Gasteiger partial charge in [0.1, 0.15) is 6.42 Å². The SMILES string of the molecule is O=C(CC(=O)NC1CCCCC1)N/N=C/c1cccc([N+](=O)[O-])c1. The van der Waals surface area contributed by atoms with Crippen molar-refractivity contribution in [3.05, 3.63) is 39.9 Å². The molecule has 2 N–H and O–H groups in total. The Bertz CT molecular complexity index is 639. The van der Waals surface area contributed by atoms with Gasteiger partial charge in [0.15, 0.2) is 0 Å². The molecule has 128 valence electrons. The van der Waals surface area contributed by atoms with Crippen LogP contribution in [-0.2, 0) is 9.59 Å². The summed E-state index contributed by atoms with van der Waals surface area (Å²) in [4.78, 5) is 33.6. The molecule has 1 aliphatic carbocycles. The van der Waals surface area contributed by atoms with Gasteiger partial charge in [-0.05, 0) is 12.8 Å². The number of benzene rings is 1. The number of hydrogen-bond acceptors (Lipinski definition) is 5. The Hall–Kier alpha value is -2.77. The van der Waals surface area contributed by atoms with E-state index in [1.807, 2.05) is 0 Å². The Labute approximate surface area is 139 Å². The van der Waals surface area contributed by atoms with E-state index in [0.717, 1.165) is 25.7 Å². The first kappa shape index (κ1) is 17.6. The van der Waals surface area contributed by atoms with Gasteiger partial charge in [-0.1, -0.05) is 31.4 Å². The summed E-state index contributed by atoms with van der Waals surface area (Å²) < 4.78 is 0. The van der Waals surface area contributed by atoms with Crippen LogP contribution in [-0.4, -0.2) is 29.0 Å². The molecular weight excluding hydrogens is 312 g/mol. The maximum Gasteiger partial charge on any atom is 0.270 e. The summed E-state index contributed by atoms with van der Waals surface area (Å²) in [5.41, 5.74) is 2.67. The zero-order valence-electron chi connectivity index (χ0n) is 13.2. The molecule has 8 heteroatoms. The number of hydrazone groups is 1. The first-order valence-corrected chi connectivity index (χ1v) is 7.90. The largest absolute Gasteiger partial charge is 0.353 e. The second-order valence-corrected chi connectivity index (χ2v) is 5.72. The average Bonchev–Trinajstić information content (AvgIpc) is 2.56. The smallest absolute Gasteiger partial charge is 0.270 e. The summed E-state index contributed by atoms with van der Waals surface area (Å²) in [5.74, 6) is -0.838. The Kier molecular flexibility index (Phi) is 6.41. The molecule has 24 heavy (non-hydrogen) atoms. The predicted octanol–water partition coefficient (Wildman–Crippen LogP) is 1.88. The number of nitro groups is 1. The number of rotatable bonds is 6. The average molecular weight is 332 g/mol. The molecule has 0 spiro atoms. The number of carbonyl (C=O) groups is 2. The molecular formula is C16H20N4O4. The van der Waals surface area contributed by atoms with Crippen molar-refractivity contribution in [1.82, 2.24) is 10.7 Å². The molecule has 1 fully saturated rings. The molecule has 0 radical (unpaired) electrons. The zero-order valence-corrected chi connectivity index (χ0v) is 13.2. The van der Waals surface area contributed by atoms with Crippen molar-refractivity contribution in [2.24, 2.45) is 5.10 Å². The van der Waals surface area contributed by atoms with Gasteiger partial charge in [0, 0.05) is 23.7 Å². The number of hydrogen-bond donors (Lipinski definition) is 2. The van der Waals surface area contributed by atoms with Crippen LogP contribution >= 0.6 is 0 Å². The van der Waals surface area contributed by atoms with E-state index in [0.29, 0.717) is 5.56 Å². The van der Waals surface area contributed by atoms with Gasteiger partial charge in [0.05, 0.1) is 11.1 Å². The highest BCUT2D eigenvalue weighted by Gasteiger charge is 2.17. The minimum atomic E-state index is -0.523. The van der Waals surface area contributed by atoms with Crippen molar-refractivity contribution in [1.29, 1.82) is 0 Å². The topological polar surface area (TPSA) is 114 Å². The number of amides is 2. The van der Waals surface area contributed by atoms with E-state index in [9.17, 15) is 19.7 Å². The van der Waals surface area contributed by atoms with Gasteiger partial charge in [0.2, 0.25) is 11.8 Å². The predicted molar refractivity (Wildman–Crippen MR) is 88.5 cm³/mol. The highest BCUT2D eigenvalue weighted by molar-refractivity contribution is 5.97. The maximum atomic E-state index is 11.8. The highest BCUT2D eigenvalue weighted by Crippen LogP contribution is 2.17. The van der Waals surface area contributed by atoms with Crippen molar-refractivity contribution in [3.8, 4) is 0 Å². The van der Waals surface area contributed by atoms with Crippen LogP contribution in [0.3, 0.4) is 0 Å². The van der Waals surface area contributed by atoms with E-state index < -0.39 is 10.8 Å². The fraction of sp³-hybridized carbons (Fsp3) is 0.438. The Morgan fingerprint density at radius 2 is 2.00 bits per heavy atom. The number of nitrogens with zero attached hydrogens (tertiary/aromatic N) is 2. The van der Waals surface area contributed by atoms with Crippen LogP contribution in [0.2, 0.25) is 0 Å². The molecule has 2 rings (SSSR count). The quantitative estimate of drug-likeness (QED) is 0.358. The van der Waals surface area contributed by atoms with Gasteiger partial charge in [0.25, 0.3) is 5.69 Å². The summed E-state index contributed by atoms with van der Waals surface area (Å²) in [6, 6.07) is 6.02. The maximum absolute atomic E-state index is 11.8. The summed E-state index contributed by atoms with van der Waals surface area (Å²) >= 11 is 0. The molecule has 0 aromatic heterocycles. The Balaban J connectivity index is 1.76. The van der Waals surface area contributed by atoms with Gasteiger partial charge >= 0.3 is 0 Å². The van der Waals surface area contributed by atoms with Crippen LogP contribution in [0, 0.1) is 10.1 Å². The monoisotopic (exact) mass is 332 g/mol. The summed E-state index contributed by atoms with van der Waals surface area (Å²) in [5, 5.41) is 17.2. The molecule has 1 aromatic carbocycles. The minimum Gasteiger partial charge on any atom is -0.353 e. The lowest BCUT2D eigenvalue weighted by molar-refractivity contribution is -0.384. The van der Waals surface area contributed by atoms with E-state index in [2.05, 4.69) is 15.8 Å². The van der Waals surface area contributed by atoms with Crippen LogP contribution in [0.1, 0.15) is 44.1 Å². The van der Waals surface area contributed by atoms with E-state index in [1.54, 1.807) is 6.07 Å². The third kappa shape index (κ3) is 5.79. The third-order valence-corrected chi connectivity index (χ3v) is 3.78. The van der Waals surface area contributed by atoms with Gasteiger partial charge in [-0.15, -0.1) is 0 Å². The van der Waals surface area contributed by atoms with Gasteiger partial charge in [-0.2, -0.15) is 5.10 Å². The first-order chi connectivity index (χ1) is 11.5. The van der Waals surface area contributed by atoms with Crippen molar-refractivity contribution >= 4 is 23.7 Å². The summed E-state index contributed by atoms with van der Waals surface area (Å²) in [6.07, 6.45) is 6.32. The molecule has 1 aromatic rings. The Morgan fingerprint density at radius 1 is 1.25 bits per heavy atom. The molecule has 1 saturated carbocycles. The molecule has 2 amide bonds. The molecule has 1 aliphatic rings. The zero-order chi connectivity index (χ0) is 17.4. The lowest BCUT2D eigenvalue weighted by Gasteiger charge is -2.22. The lowest BCUT2D eigenvalue weighted by atomic mass is 9.95. The number of non-ortho nitro benzene ring substituents is 1. The molecule has 0 bridgehead atoms. The standard InChI is InChI=1S/C16H20N4O4/c21-15(18-13-6-2-1-3-7-13)10-16(22)19-17-11-12-5-4-8-14(9-12)20(23)24/h4-5,8-9,11,13H,1-3,6-7,10H2,(H,18,21)(H,19,22)/b17-11+. The van der Waals surface area contributed by atoms with Crippen LogP contribution < -0.4 is 10.7 Å².